The van der Waals surface area contributed by atoms with Gasteiger partial charge in [-0.1, -0.05) is 6.07 Å². The maximum Gasteiger partial charge on any atom is 0.124 e. The number of aromatic nitrogens is 1. The van der Waals surface area contributed by atoms with Crippen LogP contribution in [0.4, 0.5) is 5.69 Å². The highest BCUT2D eigenvalue weighted by Gasteiger charge is 2.08. The Morgan fingerprint density at radius 3 is 2.86 bits per heavy atom. The molecule has 3 aromatic rings. The summed E-state index contributed by atoms with van der Waals surface area (Å²) in [6.45, 7) is 0.645. The fourth-order valence-electron chi connectivity index (χ4n) is 2.56. The number of hydrogen-bond donors (Lipinski definition) is 1. The zero-order chi connectivity index (χ0) is 14.8. The maximum atomic E-state index is 9.16. The summed E-state index contributed by atoms with van der Waals surface area (Å²) in [7, 11) is 1.65. The quantitative estimate of drug-likeness (QED) is 0.748. The fraction of sp³-hybridized carbons (Fsp3) is 0.118. The minimum absolute atomic E-state index is 0.645. The lowest BCUT2D eigenvalue weighted by Gasteiger charge is -2.11. The Morgan fingerprint density at radius 1 is 1.24 bits per heavy atom. The monoisotopic (exact) mass is 277 g/mol. The number of nitriles is 1. The Bertz CT molecular complexity index is 843. The van der Waals surface area contributed by atoms with Gasteiger partial charge in [0.05, 0.1) is 25.3 Å². The van der Waals surface area contributed by atoms with Crippen molar-refractivity contribution in [3.63, 3.8) is 0 Å². The Kier molecular flexibility index (Phi) is 3.25. The molecule has 0 saturated heterocycles. The molecule has 1 heterocycles. The third-order valence-corrected chi connectivity index (χ3v) is 3.58. The van der Waals surface area contributed by atoms with E-state index in [-0.39, 0.29) is 0 Å². The van der Waals surface area contributed by atoms with Crippen LogP contribution in [0.1, 0.15) is 11.1 Å². The van der Waals surface area contributed by atoms with Gasteiger partial charge < -0.3 is 15.0 Å². The van der Waals surface area contributed by atoms with Gasteiger partial charge in [0.15, 0.2) is 0 Å². The van der Waals surface area contributed by atoms with Crippen LogP contribution < -0.4 is 10.5 Å². The summed E-state index contributed by atoms with van der Waals surface area (Å²) in [5, 5.41) is 10.1. The minimum atomic E-state index is 0.645. The van der Waals surface area contributed by atoms with Crippen molar-refractivity contribution in [1.82, 2.24) is 4.57 Å². The summed E-state index contributed by atoms with van der Waals surface area (Å²) < 4.78 is 7.48. The zero-order valence-electron chi connectivity index (χ0n) is 11.7. The highest BCUT2D eigenvalue weighted by Crippen LogP contribution is 2.25. The molecule has 2 N–H and O–H groups in total. The Labute approximate surface area is 123 Å². The highest BCUT2D eigenvalue weighted by atomic mass is 16.5. The molecule has 3 rings (SSSR count). The first kappa shape index (κ1) is 13.1. The average Bonchev–Trinajstić information content (AvgIpc) is 2.91. The van der Waals surface area contributed by atoms with Crippen LogP contribution in [0.2, 0.25) is 0 Å². The smallest absolute Gasteiger partial charge is 0.124 e. The van der Waals surface area contributed by atoms with Gasteiger partial charge in [-0.05, 0) is 36.4 Å². The third-order valence-electron chi connectivity index (χ3n) is 3.58. The van der Waals surface area contributed by atoms with Crippen molar-refractivity contribution in [3.05, 3.63) is 59.8 Å². The molecule has 0 bridgehead atoms. The van der Waals surface area contributed by atoms with Crippen LogP contribution in [0.3, 0.4) is 0 Å². The van der Waals surface area contributed by atoms with E-state index < -0.39 is 0 Å². The van der Waals surface area contributed by atoms with Crippen LogP contribution in [0.5, 0.6) is 5.75 Å². The molecule has 4 nitrogen and oxygen atoms in total. The summed E-state index contributed by atoms with van der Waals surface area (Å²) >= 11 is 0. The molecule has 104 valence electrons. The van der Waals surface area contributed by atoms with Gasteiger partial charge >= 0.3 is 0 Å². The molecule has 0 radical (unpaired) electrons. The second kappa shape index (κ2) is 5.22. The van der Waals surface area contributed by atoms with Crippen LogP contribution >= 0.6 is 0 Å². The molecule has 0 saturated carbocycles. The number of rotatable bonds is 3. The molecule has 0 aliphatic heterocycles. The topological polar surface area (TPSA) is 64.0 Å². The summed E-state index contributed by atoms with van der Waals surface area (Å²) in [6, 6.07) is 15.5. The van der Waals surface area contributed by atoms with Crippen LogP contribution in [0, 0.1) is 11.3 Å². The Morgan fingerprint density at radius 2 is 2.10 bits per heavy atom. The number of fused-ring (bicyclic) bond motifs is 1. The van der Waals surface area contributed by atoms with E-state index in [2.05, 4.69) is 10.6 Å². The number of nitrogens with two attached hydrogens (primary N) is 1. The largest absolute Gasteiger partial charge is 0.496 e. The number of hydrogen-bond acceptors (Lipinski definition) is 3. The molecule has 0 fully saturated rings. The van der Waals surface area contributed by atoms with Gasteiger partial charge in [-0.25, -0.2) is 0 Å². The maximum absolute atomic E-state index is 9.16. The molecule has 0 amide bonds. The molecular formula is C17H15N3O. The Balaban J connectivity index is 2.07. The number of nitrogens with zero attached hydrogens (tertiary/aromatic N) is 2. The van der Waals surface area contributed by atoms with Crippen LogP contribution in [0.15, 0.2) is 48.7 Å². The van der Waals surface area contributed by atoms with Crippen molar-refractivity contribution in [3.8, 4) is 11.8 Å². The molecule has 1 aromatic heterocycles. The number of nitrogen functional groups attached to an aromatic ring is 1. The van der Waals surface area contributed by atoms with E-state index in [9.17, 15) is 0 Å². The van der Waals surface area contributed by atoms with Gasteiger partial charge in [-0.2, -0.15) is 5.26 Å². The lowest BCUT2D eigenvalue weighted by Crippen LogP contribution is -2.01. The molecular weight excluding hydrogens is 262 g/mol. The van der Waals surface area contributed by atoms with E-state index in [1.165, 1.54) is 0 Å². The SMILES string of the molecule is COc1ccc(N)cc1Cn1ccc2c(C#N)cccc21. The van der Waals surface area contributed by atoms with Crippen molar-refractivity contribution in [2.45, 2.75) is 6.54 Å². The van der Waals surface area contributed by atoms with Crippen molar-refractivity contribution in [2.24, 2.45) is 0 Å². The van der Waals surface area contributed by atoms with E-state index in [0.29, 0.717) is 17.8 Å². The van der Waals surface area contributed by atoms with Gasteiger partial charge in [0.2, 0.25) is 0 Å². The average molecular weight is 277 g/mol. The molecule has 0 atom stereocenters. The number of anilines is 1. The molecule has 0 spiro atoms. The van der Waals surface area contributed by atoms with Crippen LogP contribution in [0.25, 0.3) is 10.9 Å². The molecule has 0 unspecified atom stereocenters. The summed E-state index contributed by atoms with van der Waals surface area (Å²) in [4.78, 5) is 0. The summed E-state index contributed by atoms with van der Waals surface area (Å²) in [5.41, 5.74) is 9.29. The van der Waals surface area contributed by atoms with Crippen molar-refractivity contribution in [1.29, 1.82) is 5.26 Å². The molecule has 4 heteroatoms. The Hall–Kier alpha value is -2.93. The van der Waals surface area contributed by atoms with Crippen LogP contribution in [-0.2, 0) is 6.54 Å². The first-order valence-electron chi connectivity index (χ1n) is 6.63. The van der Waals surface area contributed by atoms with Gasteiger partial charge in [0.25, 0.3) is 0 Å². The zero-order valence-corrected chi connectivity index (χ0v) is 11.7. The lowest BCUT2D eigenvalue weighted by molar-refractivity contribution is 0.408. The number of ether oxygens (including phenoxy) is 1. The second-order valence-corrected chi connectivity index (χ2v) is 4.87. The first-order valence-corrected chi connectivity index (χ1v) is 6.63. The minimum Gasteiger partial charge on any atom is -0.496 e. The molecule has 2 aromatic carbocycles. The van der Waals surface area contributed by atoms with Gasteiger partial charge in [0.1, 0.15) is 5.75 Å². The van der Waals surface area contributed by atoms with Crippen LogP contribution in [-0.4, -0.2) is 11.7 Å². The molecule has 0 aliphatic carbocycles. The third kappa shape index (κ3) is 2.30. The number of benzene rings is 2. The van der Waals surface area contributed by atoms with Crippen molar-refractivity contribution >= 4 is 16.6 Å². The molecule has 21 heavy (non-hydrogen) atoms. The van der Waals surface area contributed by atoms with E-state index in [1.54, 1.807) is 7.11 Å². The van der Waals surface area contributed by atoms with E-state index in [1.807, 2.05) is 48.7 Å². The number of methoxy groups -OCH3 is 1. The lowest BCUT2D eigenvalue weighted by atomic mass is 10.1. The predicted molar refractivity (Wildman–Crippen MR) is 83.2 cm³/mol. The van der Waals surface area contributed by atoms with Crippen molar-refractivity contribution in [2.75, 3.05) is 12.8 Å². The van der Waals surface area contributed by atoms with E-state index in [4.69, 9.17) is 15.7 Å². The van der Waals surface area contributed by atoms with Gasteiger partial charge in [0, 0.05) is 28.4 Å². The van der Waals surface area contributed by atoms with E-state index >= 15 is 0 Å². The second-order valence-electron chi connectivity index (χ2n) is 4.87. The van der Waals surface area contributed by atoms with Crippen molar-refractivity contribution < 1.29 is 4.74 Å². The molecule has 0 aliphatic rings. The van der Waals surface area contributed by atoms with Gasteiger partial charge in [-0.3, -0.25) is 0 Å². The standard InChI is InChI=1S/C17H15N3O/c1-21-17-6-5-14(19)9-13(17)11-20-8-7-15-12(10-18)3-2-4-16(15)20/h2-9H,11,19H2,1H3. The fourth-order valence-corrected chi connectivity index (χ4v) is 2.56. The van der Waals surface area contributed by atoms with Gasteiger partial charge in [-0.15, -0.1) is 0 Å². The highest BCUT2D eigenvalue weighted by molar-refractivity contribution is 5.86. The predicted octanol–water partition coefficient (Wildman–Crippen LogP) is 3.15. The summed E-state index contributed by atoms with van der Waals surface area (Å²) in [6.07, 6.45) is 1.98. The summed E-state index contributed by atoms with van der Waals surface area (Å²) in [5.74, 6) is 0.808. The normalized spacial score (nSPS) is 10.5. The van der Waals surface area contributed by atoms with E-state index in [0.717, 1.165) is 22.2 Å². The first-order chi connectivity index (χ1) is 10.2.